The van der Waals surface area contributed by atoms with Crippen molar-refractivity contribution in [2.45, 2.75) is 19.8 Å². The second kappa shape index (κ2) is 9.53. The summed E-state index contributed by atoms with van der Waals surface area (Å²) in [6, 6.07) is 9.75. The van der Waals surface area contributed by atoms with Crippen molar-refractivity contribution in [3.05, 3.63) is 47.0 Å². The van der Waals surface area contributed by atoms with E-state index in [1.165, 1.54) is 18.3 Å². The third-order valence-electron chi connectivity index (χ3n) is 3.25. The molecule has 0 atom stereocenters. The van der Waals surface area contributed by atoms with E-state index < -0.39 is 0 Å². The van der Waals surface area contributed by atoms with E-state index in [2.05, 4.69) is 20.9 Å². The van der Waals surface area contributed by atoms with Crippen LogP contribution in [-0.4, -0.2) is 35.8 Å². The highest BCUT2D eigenvalue weighted by atomic mass is 32.1. The number of nitrogens with zero attached hydrogens (tertiary/aromatic N) is 1. The van der Waals surface area contributed by atoms with Crippen molar-refractivity contribution in [3.63, 3.8) is 0 Å². The SMILES string of the molecule is CC(=O)NCCNC(=O)c1csc(NC(=O)CCc2ccccc2)n1. The Morgan fingerprint density at radius 1 is 1.08 bits per heavy atom. The van der Waals surface area contributed by atoms with Crippen LogP contribution in [0.4, 0.5) is 5.13 Å². The maximum Gasteiger partial charge on any atom is 0.270 e. The topological polar surface area (TPSA) is 100 Å². The molecule has 8 heteroatoms. The predicted molar refractivity (Wildman–Crippen MR) is 96.5 cm³/mol. The molecule has 1 aromatic carbocycles. The minimum atomic E-state index is -0.341. The van der Waals surface area contributed by atoms with Gasteiger partial charge in [0.15, 0.2) is 5.13 Å². The van der Waals surface area contributed by atoms with E-state index in [4.69, 9.17) is 0 Å². The van der Waals surface area contributed by atoms with Gasteiger partial charge in [-0.2, -0.15) is 0 Å². The van der Waals surface area contributed by atoms with Gasteiger partial charge in [-0.25, -0.2) is 4.98 Å². The first-order valence-corrected chi connectivity index (χ1v) is 8.74. The van der Waals surface area contributed by atoms with Gasteiger partial charge in [0, 0.05) is 31.8 Å². The minimum absolute atomic E-state index is 0.143. The molecule has 0 saturated heterocycles. The molecular formula is C17H20N4O3S. The lowest BCUT2D eigenvalue weighted by molar-refractivity contribution is -0.119. The highest BCUT2D eigenvalue weighted by Crippen LogP contribution is 2.16. The number of nitrogens with one attached hydrogen (secondary N) is 3. The van der Waals surface area contributed by atoms with E-state index >= 15 is 0 Å². The standard InChI is InChI=1S/C17H20N4O3S/c1-12(22)18-9-10-19-16(24)14-11-25-17(20-14)21-15(23)8-7-13-5-3-2-4-6-13/h2-6,11H,7-10H2,1H3,(H,18,22)(H,19,24)(H,20,21,23). The zero-order valence-corrected chi connectivity index (χ0v) is 14.7. The van der Waals surface area contributed by atoms with Gasteiger partial charge in [-0.3, -0.25) is 14.4 Å². The summed E-state index contributed by atoms with van der Waals surface area (Å²) in [6.45, 7) is 2.08. The number of thiazole rings is 1. The Morgan fingerprint density at radius 2 is 1.80 bits per heavy atom. The number of aromatic nitrogens is 1. The molecule has 0 bridgehead atoms. The molecular weight excluding hydrogens is 340 g/mol. The van der Waals surface area contributed by atoms with E-state index in [1.807, 2.05) is 30.3 Å². The Hall–Kier alpha value is -2.74. The highest BCUT2D eigenvalue weighted by Gasteiger charge is 2.12. The summed E-state index contributed by atoms with van der Waals surface area (Å²) in [4.78, 5) is 38.7. The van der Waals surface area contributed by atoms with Crippen molar-refractivity contribution in [3.8, 4) is 0 Å². The van der Waals surface area contributed by atoms with Crippen molar-refractivity contribution in [2.75, 3.05) is 18.4 Å². The molecule has 0 spiro atoms. The Morgan fingerprint density at radius 3 is 2.52 bits per heavy atom. The first-order chi connectivity index (χ1) is 12.0. The molecule has 3 amide bonds. The monoisotopic (exact) mass is 360 g/mol. The lowest BCUT2D eigenvalue weighted by Gasteiger charge is -2.04. The second-order valence-electron chi connectivity index (χ2n) is 5.31. The Kier molecular flexibility index (Phi) is 7.09. The summed E-state index contributed by atoms with van der Waals surface area (Å²) >= 11 is 1.20. The van der Waals surface area contributed by atoms with Crippen LogP contribution >= 0.6 is 11.3 Å². The molecule has 0 fully saturated rings. The van der Waals surface area contributed by atoms with Gasteiger partial charge in [-0.05, 0) is 12.0 Å². The summed E-state index contributed by atoms with van der Waals surface area (Å²) < 4.78 is 0. The molecule has 1 heterocycles. The fourth-order valence-electron chi connectivity index (χ4n) is 2.02. The summed E-state index contributed by atoms with van der Waals surface area (Å²) in [7, 11) is 0. The van der Waals surface area contributed by atoms with Crippen LogP contribution in [0.2, 0.25) is 0 Å². The Bertz CT molecular complexity index is 731. The number of anilines is 1. The largest absolute Gasteiger partial charge is 0.355 e. The van der Waals surface area contributed by atoms with Crippen LogP contribution in [0, 0.1) is 0 Å². The van der Waals surface area contributed by atoms with Crippen LogP contribution in [0.3, 0.4) is 0 Å². The zero-order valence-electron chi connectivity index (χ0n) is 13.9. The molecule has 2 aromatic rings. The van der Waals surface area contributed by atoms with Gasteiger partial charge in [-0.1, -0.05) is 30.3 Å². The molecule has 132 valence electrons. The van der Waals surface area contributed by atoms with E-state index in [0.717, 1.165) is 5.56 Å². The Labute approximate surface area is 149 Å². The summed E-state index contributed by atoms with van der Waals surface area (Å²) in [5.74, 6) is -0.634. The Balaban J connectivity index is 1.75. The van der Waals surface area contributed by atoms with E-state index in [-0.39, 0.29) is 23.4 Å². The predicted octanol–water partition coefficient (Wildman–Crippen LogP) is 1.58. The number of amides is 3. The second-order valence-corrected chi connectivity index (χ2v) is 6.17. The van der Waals surface area contributed by atoms with Gasteiger partial charge < -0.3 is 16.0 Å². The average molecular weight is 360 g/mol. The van der Waals surface area contributed by atoms with Crippen LogP contribution in [0.25, 0.3) is 0 Å². The quantitative estimate of drug-likeness (QED) is 0.622. The fourth-order valence-corrected chi connectivity index (χ4v) is 2.73. The molecule has 1 aromatic heterocycles. The molecule has 0 saturated carbocycles. The van der Waals surface area contributed by atoms with Crippen LogP contribution in [0.5, 0.6) is 0 Å². The normalized spacial score (nSPS) is 10.1. The maximum atomic E-state index is 12.0. The third-order valence-corrected chi connectivity index (χ3v) is 4.01. The first kappa shape index (κ1) is 18.6. The molecule has 0 aliphatic carbocycles. The maximum absolute atomic E-state index is 12.0. The zero-order chi connectivity index (χ0) is 18.1. The van der Waals surface area contributed by atoms with Crippen molar-refractivity contribution < 1.29 is 14.4 Å². The van der Waals surface area contributed by atoms with Crippen LogP contribution in [-0.2, 0) is 16.0 Å². The molecule has 25 heavy (non-hydrogen) atoms. The average Bonchev–Trinajstić information content (AvgIpc) is 3.06. The van der Waals surface area contributed by atoms with E-state index in [1.54, 1.807) is 5.38 Å². The van der Waals surface area contributed by atoms with Gasteiger partial charge in [0.1, 0.15) is 5.69 Å². The van der Waals surface area contributed by atoms with Crippen molar-refractivity contribution in [2.24, 2.45) is 0 Å². The van der Waals surface area contributed by atoms with Crippen molar-refractivity contribution in [1.29, 1.82) is 0 Å². The van der Waals surface area contributed by atoms with Crippen LogP contribution in [0.1, 0.15) is 29.4 Å². The minimum Gasteiger partial charge on any atom is -0.355 e. The van der Waals surface area contributed by atoms with Crippen molar-refractivity contribution >= 4 is 34.2 Å². The number of hydrogen-bond acceptors (Lipinski definition) is 5. The number of rotatable bonds is 8. The van der Waals surface area contributed by atoms with Crippen LogP contribution in [0.15, 0.2) is 35.7 Å². The first-order valence-electron chi connectivity index (χ1n) is 7.86. The molecule has 0 radical (unpaired) electrons. The number of benzene rings is 1. The summed E-state index contributed by atoms with van der Waals surface area (Å²) in [5.41, 5.74) is 1.34. The van der Waals surface area contributed by atoms with Crippen LogP contribution < -0.4 is 16.0 Å². The number of carbonyl (C=O) groups is 3. The fraction of sp³-hybridized carbons (Fsp3) is 0.294. The lowest BCUT2D eigenvalue weighted by Crippen LogP contribution is -2.33. The number of carbonyl (C=O) groups excluding carboxylic acids is 3. The van der Waals surface area contributed by atoms with E-state index in [9.17, 15) is 14.4 Å². The van der Waals surface area contributed by atoms with Gasteiger partial charge in [0.25, 0.3) is 5.91 Å². The van der Waals surface area contributed by atoms with E-state index in [0.29, 0.717) is 31.1 Å². The third kappa shape index (κ3) is 6.72. The number of hydrogen-bond donors (Lipinski definition) is 3. The van der Waals surface area contributed by atoms with Gasteiger partial charge in [0.2, 0.25) is 11.8 Å². The lowest BCUT2D eigenvalue weighted by atomic mass is 10.1. The number of aryl methyl sites for hydroxylation is 1. The molecule has 2 rings (SSSR count). The van der Waals surface area contributed by atoms with Gasteiger partial charge in [0.05, 0.1) is 0 Å². The molecule has 0 unspecified atom stereocenters. The molecule has 0 aliphatic rings. The van der Waals surface area contributed by atoms with Gasteiger partial charge >= 0.3 is 0 Å². The molecule has 3 N–H and O–H groups in total. The van der Waals surface area contributed by atoms with Crippen molar-refractivity contribution in [1.82, 2.24) is 15.6 Å². The summed E-state index contributed by atoms with van der Waals surface area (Å²) in [6.07, 6.45) is 0.996. The highest BCUT2D eigenvalue weighted by molar-refractivity contribution is 7.14. The molecule has 7 nitrogen and oxygen atoms in total. The molecule has 0 aliphatic heterocycles. The van der Waals surface area contributed by atoms with Gasteiger partial charge in [-0.15, -0.1) is 11.3 Å². The smallest absolute Gasteiger partial charge is 0.270 e. The summed E-state index contributed by atoms with van der Waals surface area (Å²) in [5, 5.41) is 9.91.